The minimum Gasteiger partial charge on any atom is -0.465 e. The van der Waals surface area contributed by atoms with Crippen molar-refractivity contribution in [2.75, 3.05) is 7.11 Å². The second kappa shape index (κ2) is 6.94. The third-order valence-electron chi connectivity index (χ3n) is 3.17. The van der Waals surface area contributed by atoms with Crippen molar-refractivity contribution in [1.29, 1.82) is 0 Å². The smallest absolute Gasteiger partial charge is 0.340 e. The first-order valence-electron chi connectivity index (χ1n) is 6.50. The number of carbonyl (C=O) groups is 1. The first kappa shape index (κ1) is 19.3. The SMILES string of the molecule is COC(=O)c1cc(S(=O)(=O)Cl)cn2c(-c3nnc(C(F)F)s3)nc(I)c12. The maximum atomic E-state index is 12.8. The number of fused-ring (bicyclic) bond motifs is 1. The molecular formula is C12H6ClF2IN4O4S2. The average Bonchev–Trinajstić information content (AvgIpc) is 3.17. The number of carbonyl (C=O) groups excluding carboxylic acids is 1. The molecule has 0 fully saturated rings. The number of imidazole rings is 1. The van der Waals surface area contributed by atoms with Crippen molar-refractivity contribution in [3.63, 3.8) is 0 Å². The second-order valence-electron chi connectivity index (χ2n) is 4.71. The molecule has 0 aromatic carbocycles. The number of pyridine rings is 1. The van der Waals surface area contributed by atoms with E-state index in [1.807, 2.05) is 22.6 Å². The Morgan fingerprint density at radius 1 is 1.42 bits per heavy atom. The van der Waals surface area contributed by atoms with E-state index in [9.17, 15) is 22.0 Å². The Balaban J connectivity index is 2.37. The van der Waals surface area contributed by atoms with Crippen LogP contribution in [-0.4, -0.2) is 41.1 Å². The Kier molecular flexibility index (Phi) is 5.15. The van der Waals surface area contributed by atoms with Gasteiger partial charge < -0.3 is 4.74 Å². The number of halogens is 4. The molecule has 0 aliphatic heterocycles. The van der Waals surface area contributed by atoms with E-state index < -0.39 is 26.5 Å². The first-order valence-corrected chi connectivity index (χ1v) is 10.7. The maximum absolute atomic E-state index is 12.8. The molecule has 26 heavy (non-hydrogen) atoms. The maximum Gasteiger partial charge on any atom is 0.340 e. The zero-order valence-electron chi connectivity index (χ0n) is 12.5. The fraction of sp³-hybridized carbons (Fsp3) is 0.167. The summed E-state index contributed by atoms with van der Waals surface area (Å²) in [5.41, 5.74) is 0.126. The molecule has 0 saturated carbocycles. The van der Waals surface area contributed by atoms with Crippen LogP contribution in [0.3, 0.4) is 0 Å². The van der Waals surface area contributed by atoms with Crippen LogP contribution in [-0.2, 0) is 13.8 Å². The molecule has 3 heterocycles. The molecule has 0 aliphatic carbocycles. The van der Waals surface area contributed by atoms with Crippen LogP contribution < -0.4 is 0 Å². The van der Waals surface area contributed by atoms with Gasteiger partial charge in [-0.3, -0.25) is 4.40 Å². The van der Waals surface area contributed by atoms with Gasteiger partial charge in [0.15, 0.2) is 15.8 Å². The molecule has 0 unspecified atom stereocenters. The van der Waals surface area contributed by atoms with Gasteiger partial charge in [-0.25, -0.2) is 27.0 Å². The van der Waals surface area contributed by atoms with E-state index in [0.29, 0.717) is 15.0 Å². The first-order chi connectivity index (χ1) is 12.1. The van der Waals surface area contributed by atoms with E-state index in [0.717, 1.165) is 19.4 Å². The topological polar surface area (TPSA) is 104 Å². The normalized spacial score (nSPS) is 12.1. The lowest BCUT2D eigenvalue weighted by Crippen LogP contribution is -2.07. The van der Waals surface area contributed by atoms with E-state index in [1.54, 1.807) is 0 Å². The van der Waals surface area contributed by atoms with Crippen molar-refractivity contribution in [2.45, 2.75) is 11.3 Å². The van der Waals surface area contributed by atoms with Crippen LogP contribution in [0.5, 0.6) is 0 Å². The molecule has 0 saturated heterocycles. The van der Waals surface area contributed by atoms with Gasteiger partial charge >= 0.3 is 5.97 Å². The largest absolute Gasteiger partial charge is 0.465 e. The minimum atomic E-state index is -4.20. The highest BCUT2D eigenvalue weighted by Gasteiger charge is 2.25. The zero-order valence-corrected chi connectivity index (χ0v) is 17.0. The Morgan fingerprint density at radius 3 is 2.65 bits per heavy atom. The van der Waals surface area contributed by atoms with Crippen molar-refractivity contribution in [3.8, 4) is 10.8 Å². The number of rotatable bonds is 4. The average molecular weight is 535 g/mol. The Labute approximate surface area is 166 Å². The van der Waals surface area contributed by atoms with Gasteiger partial charge in [-0.1, -0.05) is 11.3 Å². The summed E-state index contributed by atoms with van der Waals surface area (Å²) >= 11 is 2.42. The summed E-state index contributed by atoms with van der Waals surface area (Å²) in [5.74, 6) is -0.770. The summed E-state index contributed by atoms with van der Waals surface area (Å²) < 4.78 is 55.2. The summed E-state index contributed by atoms with van der Waals surface area (Å²) in [4.78, 5) is 15.9. The highest BCUT2D eigenvalue weighted by molar-refractivity contribution is 14.1. The minimum absolute atomic E-state index is 0.0261. The third kappa shape index (κ3) is 3.39. The fourth-order valence-electron chi connectivity index (χ4n) is 2.11. The Bertz CT molecular complexity index is 1130. The van der Waals surface area contributed by atoms with E-state index in [1.165, 1.54) is 4.40 Å². The van der Waals surface area contributed by atoms with Gasteiger partial charge in [-0.15, -0.1) is 10.2 Å². The molecule has 8 nitrogen and oxygen atoms in total. The fourth-order valence-corrected chi connectivity index (χ4v) is 4.32. The highest BCUT2D eigenvalue weighted by Crippen LogP contribution is 2.33. The summed E-state index contributed by atoms with van der Waals surface area (Å²) in [6.07, 6.45) is -1.69. The van der Waals surface area contributed by atoms with Gasteiger partial charge in [0.05, 0.1) is 23.1 Å². The third-order valence-corrected chi connectivity index (χ3v) is 6.17. The van der Waals surface area contributed by atoms with Crippen LogP contribution in [0, 0.1) is 3.70 Å². The number of aromatic nitrogens is 4. The molecular weight excluding hydrogens is 529 g/mol. The molecule has 3 aromatic rings. The van der Waals surface area contributed by atoms with Crippen LogP contribution in [0.2, 0.25) is 0 Å². The molecule has 0 amide bonds. The summed E-state index contributed by atoms with van der Waals surface area (Å²) in [7, 11) is 2.32. The molecule has 3 rings (SSSR count). The molecule has 0 aliphatic rings. The molecule has 14 heteroatoms. The standard InChI is InChI=1S/C12H6ClF2IN4O4S2/c1-24-12(21)5-2-4(26(13,22)23)3-20-6(5)8(16)17-9(20)11-19-18-10(25-11)7(14)15/h2-3,7H,1H3. The predicted molar refractivity (Wildman–Crippen MR) is 96.1 cm³/mol. The van der Waals surface area contributed by atoms with E-state index in [-0.39, 0.29) is 26.8 Å². The van der Waals surface area contributed by atoms with Gasteiger partial charge in [0.25, 0.3) is 15.5 Å². The van der Waals surface area contributed by atoms with Gasteiger partial charge in [-0.2, -0.15) is 0 Å². The predicted octanol–water partition coefficient (Wildman–Crippen LogP) is 3.11. The van der Waals surface area contributed by atoms with Crippen molar-refractivity contribution in [2.24, 2.45) is 0 Å². The zero-order chi connectivity index (χ0) is 19.2. The van der Waals surface area contributed by atoms with E-state index in [4.69, 9.17) is 10.7 Å². The number of hydrogen-bond acceptors (Lipinski definition) is 8. The number of hydrogen-bond donors (Lipinski definition) is 0. The van der Waals surface area contributed by atoms with Crippen LogP contribution in [0.25, 0.3) is 16.3 Å². The van der Waals surface area contributed by atoms with Crippen molar-refractivity contribution in [1.82, 2.24) is 19.6 Å². The van der Waals surface area contributed by atoms with Gasteiger partial charge in [-0.05, 0) is 28.7 Å². The van der Waals surface area contributed by atoms with Crippen molar-refractivity contribution in [3.05, 3.63) is 26.5 Å². The van der Waals surface area contributed by atoms with Gasteiger partial charge in [0.2, 0.25) is 0 Å². The van der Waals surface area contributed by atoms with Gasteiger partial charge in [0.1, 0.15) is 3.70 Å². The number of esters is 1. The number of methoxy groups -OCH3 is 1. The van der Waals surface area contributed by atoms with Crippen LogP contribution >= 0.6 is 44.6 Å². The second-order valence-corrected chi connectivity index (χ2v) is 9.31. The summed E-state index contributed by atoms with van der Waals surface area (Å²) in [5, 5.41) is 6.55. The number of alkyl halides is 2. The molecule has 138 valence electrons. The number of ether oxygens (including phenoxy) is 1. The van der Waals surface area contributed by atoms with Crippen LogP contribution in [0.1, 0.15) is 21.8 Å². The molecule has 0 spiro atoms. The Morgan fingerprint density at radius 2 is 2.12 bits per heavy atom. The molecule has 3 aromatic heterocycles. The lowest BCUT2D eigenvalue weighted by Gasteiger charge is -2.07. The summed E-state index contributed by atoms with van der Waals surface area (Å²) in [6.45, 7) is 0. The number of nitrogens with zero attached hydrogens (tertiary/aromatic N) is 4. The molecule has 0 bridgehead atoms. The lowest BCUT2D eigenvalue weighted by atomic mass is 10.2. The summed E-state index contributed by atoms with van der Waals surface area (Å²) in [6, 6.07) is 1.06. The molecule has 0 atom stereocenters. The van der Waals surface area contributed by atoms with Crippen molar-refractivity contribution >= 4 is 65.1 Å². The van der Waals surface area contributed by atoms with Crippen molar-refractivity contribution < 1.29 is 26.7 Å². The quantitative estimate of drug-likeness (QED) is 0.288. The van der Waals surface area contributed by atoms with Crippen LogP contribution in [0.4, 0.5) is 8.78 Å². The monoisotopic (exact) mass is 534 g/mol. The van der Waals surface area contributed by atoms with Crippen LogP contribution in [0.15, 0.2) is 17.2 Å². The lowest BCUT2D eigenvalue weighted by molar-refractivity contribution is 0.0602. The molecule has 0 radical (unpaired) electrons. The van der Waals surface area contributed by atoms with E-state index in [2.05, 4.69) is 19.9 Å². The Hall–Kier alpha value is -1.45. The molecule has 0 N–H and O–H groups in total. The van der Waals surface area contributed by atoms with E-state index >= 15 is 0 Å². The van der Waals surface area contributed by atoms with Gasteiger partial charge in [0, 0.05) is 16.9 Å². The highest BCUT2D eigenvalue weighted by atomic mass is 127.